The third-order valence-electron chi connectivity index (χ3n) is 1.51. The van der Waals surface area contributed by atoms with E-state index in [1.807, 2.05) is 19.6 Å². The maximum Gasteiger partial charge on any atom is 0.242 e. The minimum atomic E-state index is -1.79. The van der Waals surface area contributed by atoms with E-state index in [9.17, 15) is 9.18 Å². The molecule has 0 radical (unpaired) electrons. The molecule has 1 aromatic carbocycles. The third kappa shape index (κ3) is 2.96. The molecule has 0 aliphatic carbocycles. The maximum atomic E-state index is 13.3. The zero-order valence-electron chi connectivity index (χ0n) is 8.50. The highest BCUT2D eigenvalue weighted by atomic mass is 28.4. The van der Waals surface area contributed by atoms with Gasteiger partial charge in [0.1, 0.15) is 12.0 Å². The van der Waals surface area contributed by atoms with Gasteiger partial charge in [0, 0.05) is 5.56 Å². The van der Waals surface area contributed by atoms with Gasteiger partial charge in [-0.3, -0.25) is 4.79 Å². The van der Waals surface area contributed by atoms with Gasteiger partial charge in [0.25, 0.3) is 0 Å². The first-order chi connectivity index (χ1) is 6.42. The van der Waals surface area contributed by atoms with E-state index in [0.29, 0.717) is 11.8 Å². The van der Waals surface area contributed by atoms with Crippen LogP contribution in [0.2, 0.25) is 19.6 Å². The molecule has 76 valence electrons. The van der Waals surface area contributed by atoms with Crippen LogP contribution in [0.15, 0.2) is 18.2 Å². The lowest BCUT2D eigenvalue weighted by molar-refractivity contribution is 0.112. The molecular formula is C10H13FO2Si. The highest BCUT2D eigenvalue weighted by Crippen LogP contribution is 2.21. The minimum absolute atomic E-state index is 0.231. The summed E-state index contributed by atoms with van der Waals surface area (Å²) < 4.78 is 18.8. The highest BCUT2D eigenvalue weighted by molar-refractivity contribution is 6.70. The first-order valence-corrected chi connectivity index (χ1v) is 7.77. The summed E-state index contributed by atoms with van der Waals surface area (Å²) in [7, 11) is -1.79. The van der Waals surface area contributed by atoms with Crippen LogP contribution in [0.4, 0.5) is 4.39 Å². The van der Waals surface area contributed by atoms with Crippen LogP contribution in [0.25, 0.3) is 0 Å². The SMILES string of the molecule is C[Si](C)(C)Oc1ccc(C=O)cc1F. The van der Waals surface area contributed by atoms with E-state index in [2.05, 4.69) is 0 Å². The monoisotopic (exact) mass is 212 g/mol. The Bertz CT molecular complexity index is 344. The summed E-state index contributed by atoms with van der Waals surface area (Å²) in [5.74, 6) is -0.244. The van der Waals surface area contributed by atoms with E-state index < -0.39 is 14.1 Å². The number of hydrogen-bond acceptors (Lipinski definition) is 2. The van der Waals surface area contributed by atoms with Gasteiger partial charge in [-0.15, -0.1) is 0 Å². The molecule has 0 aliphatic rings. The van der Waals surface area contributed by atoms with Crippen molar-refractivity contribution in [2.24, 2.45) is 0 Å². The standard InChI is InChI=1S/C10H13FO2Si/c1-14(2,3)13-10-5-4-8(7-12)6-9(10)11/h4-7H,1-3H3. The van der Waals surface area contributed by atoms with Crippen LogP contribution in [0.1, 0.15) is 10.4 Å². The first-order valence-electron chi connectivity index (χ1n) is 4.36. The summed E-state index contributed by atoms with van der Waals surface area (Å²) in [5.41, 5.74) is 0.324. The highest BCUT2D eigenvalue weighted by Gasteiger charge is 2.18. The van der Waals surface area contributed by atoms with E-state index >= 15 is 0 Å². The Morgan fingerprint density at radius 1 is 1.36 bits per heavy atom. The van der Waals surface area contributed by atoms with Gasteiger partial charge in [0.15, 0.2) is 5.82 Å². The van der Waals surface area contributed by atoms with Crippen molar-refractivity contribution >= 4 is 14.6 Å². The minimum Gasteiger partial charge on any atom is -0.542 e. The molecule has 0 spiro atoms. The number of halogens is 1. The summed E-state index contributed by atoms with van der Waals surface area (Å²) in [6.07, 6.45) is 0.612. The maximum absolute atomic E-state index is 13.3. The normalized spacial score (nSPS) is 11.1. The lowest BCUT2D eigenvalue weighted by Gasteiger charge is -2.19. The second kappa shape index (κ2) is 3.92. The molecule has 2 nitrogen and oxygen atoms in total. The predicted octanol–water partition coefficient (Wildman–Crippen LogP) is 2.85. The Balaban J connectivity index is 2.95. The zero-order chi connectivity index (χ0) is 10.8. The van der Waals surface area contributed by atoms with Crippen LogP contribution in [-0.2, 0) is 0 Å². The average Bonchev–Trinajstić information content (AvgIpc) is 2.06. The molecule has 0 saturated heterocycles. The van der Waals surface area contributed by atoms with Crippen molar-refractivity contribution in [3.8, 4) is 5.75 Å². The van der Waals surface area contributed by atoms with E-state index in [4.69, 9.17) is 4.43 Å². The van der Waals surface area contributed by atoms with Gasteiger partial charge in [-0.1, -0.05) is 0 Å². The van der Waals surface area contributed by atoms with Crippen molar-refractivity contribution in [3.63, 3.8) is 0 Å². The van der Waals surface area contributed by atoms with Gasteiger partial charge >= 0.3 is 0 Å². The van der Waals surface area contributed by atoms with Gasteiger partial charge < -0.3 is 4.43 Å². The van der Waals surface area contributed by atoms with Crippen molar-refractivity contribution < 1.29 is 13.6 Å². The second-order valence-corrected chi connectivity index (χ2v) is 8.45. The van der Waals surface area contributed by atoms with Gasteiger partial charge in [0.05, 0.1) is 0 Å². The van der Waals surface area contributed by atoms with Crippen molar-refractivity contribution in [2.75, 3.05) is 0 Å². The summed E-state index contributed by atoms with van der Waals surface area (Å²) in [5, 5.41) is 0. The topological polar surface area (TPSA) is 26.3 Å². The van der Waals surface area contributed by atoms with E-state index in [-0.39, 0.29) is 5.75 Å². The Morgan fingerprint density at radius 3 is 2.43 bits per heavy atom. The van der Waals surface area contributed by atoms with Crippen LogP contribution in [0, 0.1) is 5.82 Å². The molecule has 0 aliphatic heterocycles. The van der Waals surface area contributed by atoms with Gasteiger partial charge in [-0.25, -0.2) is 4.39 Å². The van der Waals surface area contributed by atoms with E-state index in [1.165, 1.54) is 12.1 Å². The zero-order valence-corrected chi connectivity index (χ0v) is 9.50. The molecule has 0 atom stereocenters. The fourth-order valence-electron chi connectivity index (χ4n) is 1.00. The Hall–Kier alpha value is -1.16. The van der Waals surface area contributed by atoms with Crippen LogP contribution in [-0.4, -0.2) is 14.6 Å². The van der Waals surface area contributed by atoms with Crippen LogP contribution >= 0.6 is 0 Å². The summed E-state index contributed by atoms with van der Waals surface area (Å²) >= 11 is 0. The molecule has 0 saturated carbocycles. The summed E-state index contributed by atoms with van der Waals surface area (Å²) in [6, 6.07) is 4.23. The number of benzene rings is 1. The third-order valence-corrected chi connectivity index (χ3v) is 2.34. The lowest BCUT2D eigenvalue weighted by atomic mass is 10.2. The summed E-state index contributed by atoms with van der Waals surface area (Å²) in [6.45, 7) is 5.92. The number of rotatable bonds is 3. The fourth-order valence-corrected chi connectivity index (χ4v) is 1.83. The molecule has 1 rings (SSSR count). The molecule has 0 aromatic heterocycles. The van der Waals surface area contributed by atoms with Gasteiger partial charge in [0.2, 0.25) is 8.32 Å². The Kier molecular flexibility index (Phi) is 3.05. The fraction of sp³-hybridized carbons (Fsp3) is 0.300. The smallest absolute Gasteiger partial charge is 0.242 e. The van der Waals surface area contributed by atoms with Crippen molar-refractivity contribution in [2.45, 2.75) is 19.6 Å². The first kappa shape index (κ1) is 10.9. The number of aldehydes is 1. The molecule has 0 fully saturated rings. The summed E-state index contributed by atoms with van der Waals surface area (Å²) in [4.78, 5) is 10.4. The molecule has 14 heavy (non-hydrogen) atoms. The average molecular weight is 212 g/mol. The number of hydrogen-bond donors (Lipinski definition) is 0. The number of carbonyl (C=O) groups excluding carboxylic acids is 1. The van der Waals surface area contributed by atoms with Crippen LogP contribution in [0.5, 0.6) is 5.75 Å². The molecule has 0 amide bonds. The largest absolute Gasteiger partial charge is 0.542 e. The van der Waals surface area contributed by atoms with Crippen LogP contribution in [0.3, 0.4) is 0 Å². The van der Waals surface area contributed by atoms with E-state index in [1.54, 1.807) is 6.07 Å². The van der Waals surface area contributed by atoms with Crippen LogP contribution < -0.4 is 4.43 Å². The van der Waals surface area contributed by atoms with Crippen molar-refractivity contribution in [1.82, 2.24) is 0 Å². The molecular weight excluding hydrogens is 199 g/mol. The molecule has 0 unspecified atom stereocenters. The van der Waals surface area contributed by atoms with Crippen molar-refractivity contribution in [3.05, 3.63) is 29.6 Å². The van der Waals surface area contributed by atoms with Gasteiger partial charge in [-0.05, 0) is 37.8 Å². The van der Waals surface area contributed by atoms with Gasteiger partial charge in [-0.2, -0.15) is 0 Å². The molecule has 0 N–H and O–H groups in total. The lowest BCUT2D eigenvalue weighted by Crippen LogP contribution is -2.29. The Morgan fingerprint density at radius 2 is 2.00 bits per heavy atom. The second-order valence-electron chi connectivity index (χ2n) is 4.02. The Labute approximate surface area is 83.8 Å². The van der Waals surface area contributed by atoms with Crippen molar-refractivity contribution in [1.29, 1.82) is 0 Å². The van der Waals surface area contributed by atoms with E-state index in [0.717, 1.165) is 0 Å². The molecule has 4 heteroatoms. The quantitative estimate of drug-likeness (QED) is 0.569. The number of carbonyl (C=O) groups is 1. The molecule has 1 aromatic rings. The molecule has 0 heterocycles. The molecule has 0 bridgehead atoms. The predicted molar refractivity (Wildman–Crippen MR) is 55.8 cm³/mol.